The number of isothiocyanates is 1. The molecule has 0 aromatic carbocycles. The number of thiophene rings is 1. The molecule has 1 aromatic rings. The van der Waals surface area contributed by atoms with Gasteiger partial charge in [0.1, 0.15) is 0 Å². The highest BCUT2D eigenvalue weighted by Gasteiger charge is 1.98. The molecule has 0 atom stereocenters. The summed E-state index contributed by atoms with van der Waals surface area (Å²) in [6.07, 6.45) is 5.58. The van der Waals surface area contributed by atoms with Crippen LogP contribution in [0.2, 0.25) is 0 Å². The van der Waals surface area contributed by atoms with Crippen molar-refractivity contribution in [3.05, 3.63) is 17.0 Å². The van der Waals surface area contributed by atoms with Crippen molar-refractivity contribution in [2.45, 2.75) is 23.5 Å². The molecule has 0 aliphatic rings. The Labute approximate surface area is 98.6 Å². The highest BCUT2D eigenvalue weighted by molar-refractivity contribution is 8.00. The van der Waals surface area contributed by atoms with E-state index in [4.69, 9.17) is 0 Å². The fraction of sp³-hybridized carbons (Fsp3) is 0.500. The number of nitrogens with zero attached hydrogens (tertiary/aromatic N) is 1. The maximum Gasteiger partial charge on any atom is 0.0598 e. The molecule has 0 unspecified atom stereocenters. The molecule has 1 nitrogen and oxygen atoms in total. The van der Waals surface area contributed by atoms with Gasteiger partial charge in [-0.2, -0.15) is 0 Å². The number of aryl methyl sites for hydroxylation is 1. The lowest BCUT2D eigenvalue weighted by Crippen LogP contribution is -1.84. The zero-order valence-corrected chi connectivity index (χ0v) is 10.6. The van der Waals surface area contributed by atoms with E-state index in [1.54, 1.807) is 0 Å². The maximum atomic E-state index is 4.50. The van der Waals surface area contributed by atoms with E-state index in [0.717, 1.165) is 19.4 Å². The van der Waals surface area contributed by atoms with Crippen molar-refractivity contribution in [1.29, 1.82) is 0 Å². The molecule has 0 spiro atoms. The predicted molar refractivity (Wildman–Crippen MR) is 68.9 cm³/mol. The lowest BCUT2D eigenvalue weighted by Gasteiger charge is -1.94. The van der Waals surface area contributed by atoms with Crippen LogP contribution in [0, 0.1) is 0 Å². The molecule has 0 radical (unpaired) electrons. The van der Waals surface area contributed by atoms with Crippen LogP contribution in [0.5, 0.6) is 0 Å². The highest BCUT2D eigenvalue weighted by atomic mass is 32.2. The fourth-order valence-electron chi connectivity index (χ4n) is 1.14. The van der Waals surface area contributed by atoms with Crippen LogP contribution in [0.4, 0.5) is 0 Å². The van der Waals surface area contributed by atoms with Crippen molar-refractivity contribution in [3.63, 3.8) is 0 Å². The van der Waals surface area contributed by atoms with Crippen LogP contribution in [0.1, 0.15) is 17.7 Å². The molecule has 1 heterocycles. The Kier molecular flexibility index (Phi) is 6.12. The van der Waals surface area contributed by atoms with Gasteiger partial charge in [-0.15, -0.1) is 23.1 Å². The molecule has 0 fully saturated rings. The lowest BCUT2D eigenvalue weighted by atomic mass is 10.2. The largest absolute Gasteiger partial charge is 0.233 e. The van der Waals surface area contributed by atoms with Crippen LogP contribution in [-0.2, 0) is 6.42 Å². The second-order valence-corrected chi connectivity index (χ2v) is 5.31. The molecule has 1 aromatic heterocycles. The Morgan fingerprint density at radius 2 is 2.36 bits per heavy atom. The minimum Gasteiger partial charge on any atom is -0.233 e. The van der Waals surface area contributed by atoms with E-state index >= 15 is 0 Å². The topological polar surface area (TPSA) is 12.4 Å². The minimum absolute atomic E-state index is 0.824. The first-order valence-electron chi connectivity index (χ1n) is 4.53. The van der Waals surface area contributed by atoms with Gasteiger partial charge in [0.05, 0.1) is 9.37 Å². The minimum atomic E-state index is 0.824. The third-order valence-electron chi connectivity index (χ3n) is 1.85. The van der Waals surface area contributed by atoms with Gasteiger partial charge in [-0.1, -0.05) is 0 Å². The standard InChI is InChI=1S/C10H13NS3/c1-13-10-6-5-9(14-10)4-2-3-7-11-8-12/h5-6H,2-4,7H2,1H3. The molecule has 4 heteroatoms. The molecule has 0 bridgehead atoms. The van der Waals surface area contributed by atoms with Gasteiger partial charge in [-0.3, -0.25) is 0 Å². The van der Waals surface area contributed by atoms with Gasteiger partial charge in [0, 0.05) is 11.4 Å². The molecular weight excluding hydrogens is 230 g/mol. The van der Waals surface area contributed by atoms with Crippen LogP contribution in [-0.4, -0.2) is 18.0 Å². The summed E-state index contributed by atoms with van der Waals surface area (Å²) in [7, 11) is 0. The van der Waals surface area contributed by atoms with Crippen LogP contribution in [0.25, 0.3) is 0 Å². The van der Waals surface area contributed by atoms with E-state index in [0.29, 0.717) is 0 Å². The molecule has 0 aliphatic carbocycles. The monoisotopic (exact) mass is 243 g/mol. The normalized spacial score (nSPS) is 9.79. The van der Waals surface area contributed by atoms with Crippen molar-refractivity contribution in [1.82, 2.24) is 0 Å². The molecule has 1 rings (SSSR count). The Hall–Kier alpha value is -0.150. The maximum absolute atomic E-state index is 4.50. The Morgan fingerprint density at radius 1 is 1.50 bits per heavy atom. The zero-order chi connectivity index (χ0) is 10.2. The molecule has 0 saturated heterocycles. The summed E-state index contributed by atoms with van der Waals surface area (Å²) in [5.74, 6) is 0. The first kappa shape index (κ1) is 11.9. The fourth-order valence-corrected chi connectivity index (χ4v) is 2.86. The van der Waals surface area contributed by atoms with Gasteiger partial charge in [0.15, 0.2) is 0 Å². The molecule has 14 heavy (non-hydrogen) atoms. The Balaban J connectivity index is 2.21. The second kappa shape index (κ2) is 7.18. The Morgan fingerprint density at radius 3 is 3.00 bits per heavy atom. The van der Waals surface area contributed by atoms with Gasteiger partial charge < -0.3 is 0 Å². The summed E-state index contributed by atoms with van der Waals surface area (Å²) in [5.41, 5.74) is 0. The van der Waals surface area contributed by atoms with Crippen molar-refractivity contribution in [2.24, 2.45) is 4.99 Å². The Bertz CT molecular complexity index is 313. The highest BCUT2D eigenvalue weighted by Crippen LogP contribution is 2.26. The quantitative estimate of drug-likeness (QED) is 0.325. The van der Waals surface area contributed by atoms with Gasteiger partial charge in [0.2, 0.25) is 0 Å². The number of aliphatic imine (C=N–C) groups is 1. The summed E-state index contributed by atoms with van der Waals surface area (Å²) in [6, 6.07) is 4.42. The SMILES string of the molecule is CSc1ccc(CCCCN=C=S)s1. The van der Waals surface area contributed by atoms with E-state index in [1.807, 2.05) is 23.1 Å². The van der Waals surface area contributed by atoms with Crippen molar-refractivity contribution in [2.75, 3.05) is 12.8 Å². The van der Waals surface area contributed by atoms with Gasteiger partial charge in [-0.25, -0.2) is 4.99 Å². The van der Waals surface area contributed by atoms with Gasteiger partial charge in [-0.05, 0) is 49.9 Å². The first-order chi connectivity index (χ1) is 6.86. The number of hydrogen-bond acceptors (Lipinski definition) is 4. The predicted octanol–water partition coefficient (Wildman–Crippen LogP) is 3.90. The number of thiocarbonyl (C=S) groups is 1. The smallest absolute Gasteiger partial charge is 0.0598 e. The van der Waals surface area contributed by atoms with E-state index in [9.17, 15) is 0 Å². The lowest BCUT2D eigenvalue weighted by molar-refractivity contribution is 0.754. The summed E-state index contributed by atoms with van der Waals surface area (Å²) in [4.78, 5) is 5.36. The van der Waals surface area contributed by atoms with Crippen molar-refractivity contribution >= 4 is 40.5 Å². The average Bonchev–Trinajstić information content (AvgIpc) is 2.65. The third-order valence-corrected chi connectivity index (χ3v) is 4.20. The molecule has 0 saturated carbocycles. The summed E-state index contributed by atoms with van der Waals surface area (Å²) in [6.45, 7) is 0.824. The van der Waals surface area contributed by atoms with Crippen molar-refractivity contribution < 1.29 is 0 Å². The van der Waals surface area contributed by atoms with E-state index in [1.165, 1.54) is 15.5 Å². The van der Waals surface area contributed by atoms with Crippen LogP contribution in [0.3, 0.4) is 0 Å². The van der Waals surface area contributed by atoms with Gasteiger partial charge in [0.25, 0.3) is 0 Å². The van der Waals surface area contributed by atoms with E-state index in [-0.39, 0.29) is 0 Å². The number of unbranched alkanes of at least 4 members (excludes halogenated alkanes) is 1. The van der Waals surface area contributed by atoms with Crippen LogP contribution < -0.4 is 0 Å². The summed E-state index contributed by atoms with van der Waals surface area (Å²) < 4.78 is 1.40. The molecule has 0 amide bonds. The zero-order valence-electron chi connectivity index (χ0n) is 8.16. The van der Waals surface area contributed by atoms with E-state index in [2.05, 4.69) is 40.8 Å². The van der Waals surface area contributed by atoms with Crippen LogP contribution in [0.15, 0.2) is 21.3 Å². The average molecular weight is 243 g/mol. The number of thioether (sulfide) groups is 1. The molecular formula is C10H13NS3. The van der Waals surface area contributed by atoms with Crippen molar-refractivity contribution in [3.8, 4) is 0 Å². The molecule has 76 valence electrons. The third kappa shape index (κ3) is 4.38. The van der Waals surface area contributed by atoms with Gasteiger partial charge >= 0.3 is 0 Å². The molecule has 0 aliphatic heterocycles. The number of rotatable bonds is 6. The number of hydrogen-bond donors (Lipinski definition) is 0. The summed E-state index contributed by atoms with van der Waals surface area (Å²) in [5, 5.41) is 2.39. The molecule has 0 N–H and O–H groups in total. The first-order valence-corrected chi connectivity index (χ1v) is 6.98. The summed E-state index contributed by atoms with van der Waals surface area (Å²) >= 11 is 8.20. The second-order valence-electron chi connectivity index (χ2n) is 2.85. The van der Waals surface area contributed by atoms with E-state index < -0.39 is 0 Å². The van der Waals surface area contributed by atoms with Crippen LogP contribution >= 0.6 is 35.3 Å².